The van der Waals surface area contributed by atoms with Gasteiger partial charge in [0.05, 0.1) is 18.8 Å². The summed E-state index contributed by atoms with van der Waals surface area (Å²) in [6, 6.07) is 0. The van der Waals surface area contributed by atoms with Crippen LogP contribution >= 0.6 is 0 Å². The summed E-state index contributed by atoms with van der Waals surface area (Å²) in [5.74, 6) is 1.52. The van der Waals surface area contributed by atoms with Crippen molar-refractivity contribution in [3.05, 3.63) is 0 Å². The zero-order valence-corrected chi connectivity index (χ0v) is 13.5. The third-order valence-corrected chi connectivity index (χ3v) is 5.39. The molecule has 3 heteroatoms. The summed E-state index contributed by atoms with van der Waals surface area (Å²) in [5.41, 5.74) is 0.513. The Balaban J connectivity index is 1.55. The van der Waals surface area contributed by atoms with Crippen LogP contribution in [0.5, 0.6) is 0 Å². The molecule has 3 nitrogen and oxygen atoms in total. The summed E-state index contributed by atoms with van der Waals surface area (Å²) in [5, 5.41) is 13.4. The first kappa shape index (κ1) is 16.3. The van der Waals surface area contributed by atoms with Gasteiger partial charge >= 0.3 is 0 Å². The number of hydrogen-bond donors (Lipinski definition) is 2. The van der Waals surface area contributed by atoms with Crippen molar-refractivity contribution in [3.63, 3.8) is 0 Å². The predicted molar refractivity (Wildman–Crippen MR) is 82.8 cm³/mol. The van der Waals surface area contributed by atoms with Crippen molar-refractivity contribution >= 4 is 0 Å². The molecule has 118 valence electrons. The van der Waals surface area contributed by atoms with Gasteiger partial charge in [-0.2, -0.15) is 0 Å². The summed E-state index contributed by atoms with van der Waals surface area (Å²) in [6.45, 7) is 9.10. The highest BCUT2D eigenvalue weighted by Crippen LogP contribution is 2.51. The topological polar surface area (TPSA) is 41.5 Å². The van der Waals surface area contributed by atoms with Gasteiger partial charge in [0, 0.05) is 13.1 Å². The van der Waals surface area contributed by atoms with Crippen LogP contribution in [0.3, 0.4) is 0 Å². The van der Waals surface area contributed by atoms with E-state index in [9.17, 15) is 5.11 Å². The molecule has 2 fully saturated rings. The number of aliphatic hydroxyl groups is 1. The first-order chi connectivity index (χ1) is 9.52. The smallest absolute Gasteiger partial charge is 0.0897 e. The first-order valence-corrected chi connectivity index (χ1v) is 8.52. The van der Waals surface area contributed by atoms with Gasteiger partial charge in [0.25, 0.3) is 0 Å². The van der Waals surface area contributed by atoms with Gasteiger partial charge in [-0.3, -0.25) is 0 Å². The summed E-state index contributed by atoms with van der Waals surface area (Å²) < 4.78 is 5.87. The second-order valence-corrected chi connectivity index (χ2v) is 7.53. The van der Waals surface area contributed by atoms with E-state index in [4.69, 9.17) is 4.74 Å². The number of aliphatic hydroxyl groups excluding tert-OH is 1. The largest absolute Gasteiger partial charge is 0.389 e. The van der Waals surface area contributed by atoms with E-state index in [1.807, 2.05) is 0 Å². The molecule has 2 rings (SSSR count). The van der Waals surface area contributed by atoms with Crippen LogP contribution in [0.1, 0.15) is 59.3 Å². The molecule has 0 aromatic carbocycles. The van der Waals surface area contributed by atoms with E-state index in [1.165, 1.54) is 32.1 Å². The molecule has 3 atom stereocenters. The Morgan fingerprint density at radius 3 is 2.65 bits per heavy atom. The minimum Gasteiger partial charge on any atom is -0.389 e. The maximum Gasteiger partial charge on any atom is 0.0897 e. The Bertz CT molecular complexity index is 289. The number of ether oxygens (including phenoxy) is 1. The molecule has 2 saturated carbocycles. The Morgan fingerprint density at radius 2 is 2.05 bits per heavy atom. The first-order valence-electron chi connectivity index (χ1n) is 8.52. The Labute approximate surface area is 124 Å². The van der Waals surface area contributed by atoms with Crippen LogP contribution in [0.25, 0.3) is 0 Å². The van der Waals surface area contributed by atoms with E-state index in [1.54, 1.807) is 0 Å². The molecular formula is C17H33NO2. The summed E-state index contributed by atoms with van der Waals surface area (Å²) in [7, 11) is 0. The lowest BCUT2D eigenvalue weighted by molar-refractivity contribution is -0.0309. The number of nitrogens with one attached hydrogen (secondary N) is 1. The lowest BCUT2D eigenvalue weighted by Gasteiger charge is -2.28. The fraction of sp³-hybridized carbons (Fsp3) is 1.00. The summed E-state index contributed by atoms with van der Waals surface area (Å²) in [4.78, 5) is 0. The molecule has 3 unspecified atom stereocenters. The van der Waals surface area contributed by atoms with Gasteiger partial charge in [0.15, 0.2) is 0 Å². The van der Waals surface area contributed by atoms with Gasteiger partial charge in [-0.25, -0.2) is 0 Å². The van der Waals surface area contributed by atoms with Crippen LogP contribution < -0.4 is 5.32 Å². The average molecular weight is 283 g/mol. The number of rotatable bonds is 8. The standard InChI is InChI=1S/C17H33NO2/c1-13(2)17(7-8-17)12-18-10-15(19)11-20-16-6-4-5-14(3)9-16/h13-16,18-19H,4-12H2,1-3H3. The van der Waals surface area contributed by atoms with Gasteiger partial charge in [-0.1, -0.05) is 33.6 Å². The van der Waals surface area contributed by atoms with E-state index in [0.717, 1.165) is 24.8 Å². The van der Waals surface area contributed by atoms with Crippen LogP contribution in [0.15, 0.2) is 0 Å². The Kier molecular flexibility index (Phi) is 5.88. The lowest BCUT2D eigenvalue weighted by atomic mass is 9.89. The molecule has 0 saturated heterocycles. The zero-order valence-electron chi connectivity index (χ0n) is 13.5. The van der Waals surface area contributed by atoms with Crippen LogP contribution in [0.2, 0.25) is 0 Å². The molecule has 0 aromatic rings. The number of hydrogen-bond acceptors (Lipinski definition) is 3. The minimum absolute atomic E-state index is 0.366. The van der Waals surface area contributed by atoms with Gasteiger partial charge in [-0.15, -0.1) is 0 Å². The fourth-order valence-electron chi connectivity index (χ4n) is 3.44. The Morgan fingerprint density at radius 1 is 1.30 bits per heavy atom. The molecule has 0 heterocycles. The highest BCUT2D eigenvalue weighted by Gasteiger charge is 2.44. The molecule has 0 aliphatic heterocycles. The van der Waals surface area contributed by atoms with Crippen molar-refractivity contribution in [3.8, 4) is 0 Å². The highest BCUT2D eigenvalue weighted by molar-refractivity contribution is 4.97. The summed E-state index contributed by atoms with van der Waals surface area (Å²) in [6.07, 6.45) is 7.62. The summed E-state index contributed by atoms with van der Waals surface area (Å²) >= 11 is 0. The highest BCUT2D eigenvalue weighted by atomic mass is 16.5. The van der Waals surface area contributed by atoms with Gasteiger partial charge < -0.3 is 15.2 Å². The monoisotopic (exact) mass is 283 g/mol. The van der Waals surface area contributed by atoms with Crippen molar-refractivity contribution < 1.29 is 9.84 Å². The quantitative estimate of drug-likeness (QED) is 0.719. The van der Waals surface area contributed by atoms with Crippen molar-refractivity contribution in [1.29, 1.82) is 0 Å². The second kappa shape index (κ2) is 7.24. The maximum absolute atomic E-state index is 10.0. The Hall–Kier alpha value is -0.120. The van der Waals surface area contributed by atoms with Crippen molar-refractivity contribution in [2.45, 2.75) is 71.5 Å². The molecule has 2 N–H and O–H groups in total. The third kappa shape index (κ3) is 4.71. The van der Waals surface area contributed by atoms with Crippen molar-refractivity contribution in [2.24, 2.45) is 17.3 Å². The third-order valence-electron chi connectivity index (χ3n) is 5.39. The van der Waals surface area contributed by atoms with Crippen molar-refractivity contribution in [2.75, 3.05) is 19.7 Å². The van der Waals surface area contributed by atoms with E-state index in [2.05, 4.69) is 26.1 Å². The maximum atomic E-state index is 10.0. The molecular weight excluding hydrogens is 250 g/mol. The van der Waals surface area contributed by atoms with E-state index in [-0.39, 0.29) is 6.10 Å². The van der Waals surface area contributed by atoms with Gasteiger partial charge in [0.1, 0.15) is 0 Å². The van der Waals surface area contributed by atoms with Crippen molar-refractivity contribution in [1.82, 2.24) is 5.32 Å². The van der Waals surface area contributed by atoms with E-state index < -0.39 is 0 Å². The van der Waals surface area contributed by atoms with E-state index in [0.29, 0.717) is 24.7 Å². The molecule has 0 spiro atoms. The lowest BCUT2D eigenvalue weighted by Crippen LogP contribution is -2.36. The van der Waals surface area contributed by atoms with Crippen LogP contribution in [-0.4, -0.2) is 37.0 Å². The molecule has 20 heavy (non-hydrogen) atoms. The van der Waals surface area contributed by atoms with Crippen LogP contribution in [-0.2, 0) is 4.74 Å². The normalized spacial score (nSPS) is 30.4. The molecule has 0 bridgehead atoms. The van der Waals surface area contributed by atoms with Crippen LogP contribution in [0, 0.1) is 17.3 Å². The van der Waals surface area contributed by atoms with Gasteiger partial charge in [0.2, 0.25) is 0 Å². The second-order valence-electron chi connectivity index (χ2n) is 7.53. The molecule has 0 amide bonds. The predicted octanol–water partition coefficient (Wildman–Crippen LogP) is 2.97. The molecule has 0 aromatic heterocycles. The zero-order chi connectivity index (χ0) is 14.6. The van der Waals surface area contributed by atoms with Gasteiger partial charge in [-0.05, 0) is 42.9 Å². The minimum atomic E-state index is -0.366. The SMILES string of the molecule is CC1CCCC(OCC(O)CNCC2(C(C)C)CC2)C1. The molecule has 2 aliphatic carbocycles. The van der Waals surface area contributed by atoms with Crippen LogP contribution in [0.4, 0.5) is 0 Å². The van der Waals surface area contributed by atoms with E-state index >= 15 is 0 Å². The molecule has 0 radical (unpaired) electrons. The fourth-order valence-corrected chi connectivity index (χ4v) is 3.44. The molecule has 2 aliphatic rings. The average Bonchev–Trinajstić information content (AvgIpc) is 3.18.